The summed E-state index contributed by atoms with van der Waals surface area (Å²) in [5, 5.41) is 16.5. The summed E-state index contributed by atoms with van der Waals surface area (Å²) < 4.78 is 0. The molecule has 1 atom stereocenters. The summed E-state index contributed by atoms with van der Waals surface area (Å²) in [7, 11) is 0. The minimum atomic E-state index is -0.585. The second-order valence-corrected chi connectivity index (χ2v) is 14.8. The van der Waals surface area contributed by atoms with Crippen molar-refractivity contribution in [3.8, 4) is 0 Å². The van der Waals surface area contributed by atoms with Gasteiger partial charge in [-0.1, -0.05) is 95.3 Å². The zero-order valence-corrected chi connectivity index (χ0v) is 27.5. The molecule has 0 saturated heterocycles. The van der Waals surface area contributed by atoms with Crippen LogP contribution in [-0.2, 0) is 11.3 Å². The molecule has 1 aliphatic heterocycles. The maximum absolute atomic E-state index is 14.5. The van der Waals surface area contributed by atoms with E-state index >= 15 is 0 Å². The van der Waals surface area contributed by atoms with Crippen molar-refractivity contribution in [3.05, 3.63) is 83.2 Å². The van der Waals surface area contributed by atoms with Gasteiger partial charge in [-0.2, -0.15) is 5.21 Å². The van der Waals surface area contributed by atoms with Gasteiger partial charge in [0.2, 0.25) is 0 Å². The number of hydrogen-bond acceptors (Lipinski definition) is 6. The molecule has 1 spiro atoms. The molecule has 1 fully saturated rings. The standard InChI is InChI=1S/C36H47N7O2/c1-34(2,3)21-20-30(26-13-15-27(16-14-26)32(44)37-24-31-39-41-42-40-31)43-33(45)29(17-12-25-10-8-7-9-11-25)38-36(43)22-18-28(19-23-36)35(4,5)6/h7-17,28,30H,18-24H2,1-6H3,(H,37,44)(H,39,40,41,42)/b17-12+/t28?,30-,36?/m1/s1. The number of aliphatic imine (C=N–C) groups is 1. The summed E-state index contributed by atoms with van der Waals surface area (Å²) in [5.41, 5.74) is 2.82. The SMILES string of the molecule is CC(C)(C)CC[C@H](c1ccc(C(=O)NCc2nn[nH]n2)cc1)N1C(=O)C(/C=C/c2ccccc2)=NC12CCC(C(C)(C)C)CC2. The number of H-pyrrole nitrogens is 1. The number of hydrogen-bond donors (Lipinski definition) is 2. The molecule has 2 amide bonds. The van der Waals surface area contributed by atoms with E-state index in [1.165, 1.54) is 0 Å². The van der Waals surface area contributed by atoms with Crippen molar-refractivity contribution in [2.45, 2.75) is 98.3 Å². The fourth-order valence-electron chi connectivity index (χ4n) is 6.61. The first-order valence-electron chi connectivity index (χ1n) is 16.1. The lowest BCUT2D eigenvalue weighted by Crippen LogP contribution is -2.51. The van der Waals surface area contributed by atoms with Gasteiger partial charge >= 0.3 is 0 Å². The molecule has 2 heterocycles. The Morgan fingerprint density at radius 3 is 2.31 bits per heavy atom. The number of nitrogens with one attached hydrogen (secondary N) is 2. The highest BCUT2D eigenvalue weighted by atomic mass is 16.2. The summed E-state index contributed by atoms with van der Waals surface area (Å²) in [5.74, 6) is 0.761. The molecule has 2 aromatic carbocycles. The fourth-order valence-corrected chi connectivity index (χ4v) is 6.61. The molecule has 1 aliphatic carbocycles. The third-order valence-corrected chi connectivity index (χ3v) is 9.29. The number of aromatic amines is 1. The number of tetrazole rings is 1. The van der Waals surface area contributed by atoms with Crippen LogP contribution in [0, 0.1) is 16.7 Å². The van der Waals surface area contributed by atoms with Crippen LogP contribution in [0.15, 0.2) is 65.7 Å². The summed E-state index contributed by atoms with van der Waals surface area (Å²) >= 11 is 0. The maximum atomic E-state index is 14.5. The molecule has 9 nitrogen and oxygen atoms in total. The summed E-state index contributed by atoms with van der Waals surface area (Å²) in [6.07, 6.45) is 9.35. The first-order valence-corrected chi connectivity index (χ1v) is 16.1. The highest BCUT2D eigenvalue weighted by molar-refractivity contribution is 6.45. The number of amides is 2. The Labute approximate surface area is 267 Å². The first kappa shape index (κ1) is 32.3. The topological polar surface area (TPSA) is 116 Å². The lowest BCUT2D eigenvalue weighted by molar-refractivity contribution is -0.134. The quantitative estimate of drug-likeness (QED) is 0.273. The second kappa shape index (κ2) is 13.1. The Balaban J connectivity index is 1.46. The van der Waals surface area contributed by atoms with Gasteiger partial charge in [0.05, 0.1) is 12.6 Å². The number of carbonyl (C=O) groups excluding carboxylic acids is 2. The summed E-state index contributed by atoms with van der Waals surface area (Å²) in [6, 6.07) is 17.5. The van der Waals surface area contributed by atoms with Crippen LogP contribution >= 0.6 is 0 Å². The van der Waals surface area contributed by atoms with E-state index < -0.39 is 5.66 Å². The molecule has 0 radical (unpaired) electrons. The van der Waals surface area contributed by atoms with E-state index in [4.69, 9.17) is 4.99 Å². The van der Waals surface area contributed by atoms with Gasteiger partial charge in [-0.3, -0.25) is 14.6 Å². The normalized spacial score (nSPS) is 21.4. The Morgan fingerprint density at radius 2 is 1.71 bits per heavy atom. The molecule has 0 unspecified atom stereocenters. The van der Waals surface area contributed by atoms with Gasteiger partial charge in [-0.05, 0) is 84.6 Å². The molecular formula is C36H47N7O2. The Bertz CT molecular complexity index is 1510. The molecule has 2 aliphatic rings. The van der Waals surface area contributed by atoms with E-state index in [0.717, 1.165) is 49.7 Å². The lowest BCUT2D eigenvalue weighted by Gasteiger charge is -2.47. The predicted octanol–water partition coefficient (Wildman–Crippen LogP) is 6.93. The number of aromatic nitrogens is 4. The van der Waals surface area contributed by atoms with Gasteiger partial charge in [0.25, 0.3) is 11.8 Å². The van der Waals surface area contributed by atoms with Crippen molar-refractivity contribution in [1.29, 1.82) is 0 Å². The van der Waals surface area contributed by atoms with E-state index in [1.54, 1.807) is 0 Å². The highest BCUT2D eigenvalue weighted by Crippen LogP contribution is 2.50. The van der Waals surface area contributed by atoms with Gasteiger partial charge < -0.3 is 10.2 Å². The zero-order chi connectivity index (χ0) is 32.2. The van der Waals surface area contributed by atoms with Gasteiger partial charge in [0.1, 0.15) is 11.4 Å². The average Bonchev–Trinajstić information content (AvgIpc) is 3.62. The maximum Gasteiger partial charge on any atom is 0.274 e. The third kappa shape index (κ3) is 7.75. The van der Waals surface area contributed by atoms with Crippen molar-refractivity contribution in [1.82, 2.24) is 30.8 Å². The third-order valence-electron chi connectivity index (χ3n) is 9.29. The number of rotatable bonds is 9. The van der Waals surface area contributed by atoms with E-state index in [2.05, 4.69) is 72.4 Å². The van der Waals surface area contributed by atoms with Crippen molar-refractivity contribution in [3.63, 3.8) is 0 Å². The Hall–Kier alpha value is -4.14. The average molecular weight is 610 g/mol. The summed E-state index contributed by atoms with van der Waals surface area (Å²) in [6.45, 7) is 13.8. The van der Waals surface area contributed by atoms with Crippen LogP contribution in [0.2, 0.25) is 0 Å². The molecule has 2 N–H and O–H groups in total. The molecule has 45 heavy (non-hydrogen) atoms. The second-order valence-electron chi connectivity index (χ2n) is 14.8. The molecule has 9 heteroatoms. The summed E-state index contributed by atoms with van der Waals surface area (Å²) in [4.78, 5) is 34.7. The van der Waals surface area contributed by atoms with Crippen LogP contribution < -0.4 is 5.32 Å². The van der Waals surface area contributed by atoms with E-state index in [9.17, 15) is 9.59 Å². The van der Waals surface area contributed by atoms with E-state index in [0.29, 0.717) is 23.0 Å². The largest absolute Gasteiger partial charge is 0.345 e. The van der Waals surface area contributed by atoms with E-state index in [-0.39, 0.29) is 35.2 Å². The van der Waals surface area contributed by atoms with Crippen molar-refractivity contribution in [2.75, 3.05) is 0 Å². The van der Waals surface area contributed by atoms with Crippen molar-refractivity contribution in [2.24, 2.45) is 21.7 Å². The van der Waals surface area contributed by atoms with Gasteiger partial charge in [0.15, 0.2) is 5.82 Å². The van der Waals surface area contributed by atoms with Crippen LogP contribution in [0.1, 0.15) is 113 Å². The van der Waals surface area contributed by atoms with Gasteiger partial charge in [-0.15, -0.1) is 10.2 Å². The van der Waals surface area contributed by atoms with Crippen LogP contribution in [0.25, 0.3) is 6.08 Å². The Kier molecular flexibility index (Phi) is 9.37. The minimum absolute atomic E-state index is 0.0165. The van der Waals surface area contributed by atoms with Gasteiger partial charge in [-0.25, -0.2) is 0 Å². The lowest BCUT2D eigenvalue weighted by atomic mass is 9.69. The molecular weight excluding hydrogens is 562 g/mol. The zero-order valence-electron chi connectivity index (χ0n) is 27.5. The first-order chi connectivity index (χ1) is 21.3. The van der Waals surface area contributed by atoms with Crippen LogP contribution in [-0.4, -0.2) is 48.7 Å². The number of carbonyl (C=O) groups is 2. The molecule has 3 aromatic rings. The van der Waals surface area contributed by atoms with Crippen LogP contribution in [0.3, 0.4) is 0 Å². The highest BCUT2D eigenvalue weighted by Gasteiger charge is 2.52. The molecule has 5 rings (SSSR count). The van der Waals surface area contributed by atoms with Crippen molar-refractivity contribution < 1.29 is 9.59 Å². The van der Waals surface area contributed by atoms with Crippen LogP contribution in [0.4, 0.5) is 0 Å². The molecule has 238 valence electrons. The van der Waals surface area contributed by atoms with Gasteiger partial charge in [0, 0.05) is 5.56 Å². The van der Waals surface area contributed by atoms with Crippen molar-refractivity contribution >= 4 is 23.6 Å². The molecule has 1 aromatic heterocycles. The van der Waals surface area contributed by atoms with E-state index in [1.807, 2.05) is 66.7 Å². The molecule has 0 bridgehead atoms. The fraction of sp³-hybridized carbons (Fsp3) is 0.500. The predicted molar refractivity (Wildman–Crippen MR) is 177 cm³/mol. The van der Waals surface area contributed by atoms with Crippen LogP contribution in [0.5, 0.6) is 0 Å². The monoisotopic (exact) mass is 609 g/mol. The molecule has 1 saturated carbocycles. The number of nitrogens with zero attached hydrogens (tertiary/aromatic N) is 5. The Morgan fingerprint density at radius 1 is 1.02 bits per heavy atom. The number of benzene rings is 2. The minimum Gasteiger partial charge on any atom is -0.345 e. The smallest absolute Gasteiger partial charge is 0.274 e.